The largest absolute Gasteiger partial charge is 0.497 e. The van der Waals surface area contributed by atoms with E-state index < -0.39 is 6.10 Å². The van der Waals surface area contributed by atoms with E-state index in [4.69, 9.17) is 4.74 Å². The number of hydrogen-bond donors (Lipinski definition) is 2. The molecule has 1 aliphatic heterocycles. The van der Waals surface area contributed by atoms with Gasteiger partial charge in [-0.3, -0.25) is 0 Å². The molecule has 2 atom stereocenters. The van der Waals surface area contributed by atoms with Crippen molar-refractivity contribution in [3.8, 4) is 5.75 Å². The maximum absolute atomic E-state index is 10.6. The maximum atomic E-state index is 10.6. The van der Waals surface area contributed by atoms with E-state index in [0.29, 0.717) is 0 Å². The molecule has 3 heteroatoms. The second-order valence-electron chi connectivity index (χ2n) is 4.78. The third-order valence-corrected chi connectivity index (χ3v) is 3.65. The van der Waals surface area contributed by atoms with Gasteiger partial charge in [0.2, 0.25) is 0 Å². The van der Waals surface area contributed by atoms with Crippen LogP contribution in [-0.4, -0.2) is 12.2 Å². The second kappa shape index (κ2) is 5.03. The van der Waals surface area contributed by atoms with E-state index in [2.05, 4.69) is 17.4 Å². The van der Waals surface area contributed by atoms with Crippen LogP contribution >= 0.6 is 0 Å². The van der Waals surface area contributed by atoms with Crippen molar-refractivity contribution in [2.75, 3.05) is 7.11 Å². The van der Waals surface area contributed by atoms with E-state index in [-0.39, 0.29) is 6.04 Å². The SMILES string of the molecule is COc1cccc(C(O)C2NCc3ccccc32)c1. The molecule has 0 amide bonds. The number of hydrogen-bond acceptors (Lipinski definition) is 3. The number of nitrogens with one attached hydrogen (secondary N) is 1. The summed E-state index contributed by atoms with van der Waals surface area (Å²) in [5, 5.41) is 13.9. The molecule has 0 saturated carbocycles. The van der Waals surface area contributed by atoms with Gasteiger partial charge in [0.15, 0.2) is 0 Å². The molecule has 0 spiro atoms. The van der Waals surface area contributed by atoms with Crippen LogP contribution < -0.4 is 10.1 Å². The highest BCUT2D eigenvalue weighted by atomic mass is 16.5. The van der Waals surface area contributed by atoms with E-state index in [0.717, 1.165) is 17.9 Å². The molecule has 0 saturated heterocycles. The standard InChI is InChI=1S/C16H17NO2/c1-19-13-7-4-6-11(9-13)16(18)15-14-8-3-2-5-12(14)10-17-15/h2-9,15-18H,10H2,1H3. The minimum absolute atomic E-state index is 0.0525. The number of aliphatic hydroxyl groups excluding tert-OH is 1. The molecule has 2 unspecified atom stereocenters. The Morgan fingerprint density at radius 1 is 1.21 bits per heavy atom. The highest BCUT2D eigenvalue weighted by Gasteiger charge is 2.28. The van der Waals surface area contributed by atoms with Gasteiger partial charge in [-0.05, 0) is 28.8 Å². The molecule has 0 aliphatic carbocycles. The van der Waals surface area contributed by atoms with Crippen molar-refractivity contribution in [1.29, 1.82) is 0 Å². The van der Waals surface area contributed by atoms with Gasteiger partial charge in [0, 0.05) is 6.54 Å². The fourth-order valence-corrected chi connectivity index (χ4v) is 2.63. The second-order valence-corrected chi connectivity index (χ2v) is 4.78. The van der Waals surface area contributed by atoms with Crippen LogP contribution in [0.5, 0.6) is 5.75 Å². The number of methoxy groups -OCH3 is 1. The number of rotatable bonds is 3. The molecule has 98 valence electrons. The predicted octanol–water partition coefficient (Wildman–Crippen LogP) is 2.57. The normalized spacial score (nSPS) is 18.9. The maximum Gasteiger partial charge on any atom is 0.119 e. The van der Waals surface area contributed by atoms with Crippen molar-refractivity contribution in [2.24, 2.45) is 0 Å². The molecule has 0 bridgehead atoms. The van der Waals surface area contributed by atoms with Gasteiger partial charge in [-0.2, -0.15) is 0 Å². The van der Waals surface area contributed by atoms with Crippen LogP contribution in [0.15, 0.2) is 48.5 Å². The van der Waals surface area contributed by atoms with Gasteiger partial charge >= 0.3 is 0 Å². The quantitative estimate of drug-likeness (QED) is 0.885. The summed E-state index contributed by atoms with van der Waals surface area (Å²) in [5.74, 6) is 0.767. The van der Waals surface area contributed by atoms with Crippen molar-refractivity contribution in [1.82, 2.24) is 5.32 Å². The molecule has 1 heterocycles. The Labute approximate surface area is 112 Å². The van der Waals surface area contributed by atoms with Crippen LogP contribution in [0, 0.1) is 0 Å². The lowest BCUT2D eigenvalue weighted by Crippen LogP contribution is -2.20. The van der Waals surface area contributed by atoms with Gasteiger partial charge in [-0.25, -0.2) is 0 Å². The van der Waals surface area contributed by atoms with Crippen molar-refractivity contribution in [3.05, 3.63) is 65.2 Å². The molecular weight excluding hydrogens is 238 g/mol. The smallest absolute Gasteiger partial charge is 0.119 e. The Morgan fingerprint density at radius 2 is 2.05 bits per heavy atom. The molecule has 3 rings (SSSR count). The Hall–Kier alpha value is -1.84. The van der Waals surface area contributed by atoms with E-state index in [1.165, 1.54) is 11.1 Å². The Kier molecular flexibility index (Phi) is 3.23. The summed E-state index contributed by atoms with van der Waals surface area (Å²) in [5.41, 5.74) is 3.31. The third-order valence-electron chi connectivity index (χ3n) is 3.65. The van der Waals surface area contributed by atoms with Gasteiger partial charge in [-0.1, -0.05) is 36.4 Å². The Balaban J connectivity index is 1.90. The third kappa shape index (κ3) is 2.23. The summed E-state index contributed by atoms with van der Waals surface area (Å²) < 4.78 is 5.21. The first-order chi connectivity index (χ1) is 9.29. The summed E-state index contributed by atoms with van der Waals surface area (Å²) in [7, 11) is 1.63. The highest BCUT2D eigenvalue weighted by molar-refractivity contribution is 5.38. The molecule has 2 N–H and O–H groups in total. The summed E-state index contributed by atoms with van der Waals surface area (Å²) in [6.45, 7) is 0.807. The number of ether oxygens (including phenoxy) is 1. The van der Waals surface area contributed by atoms with Crippen molar-refractivity contribution >= 4 is 0 Å². The van der Waals surface area contributed by atoms with Crippen LogP contribution in [-0.2, 0) is 6.54 Å². The molecular formula is C16H17NO2. The van der Waals surface area contributed by atoms with Gasteiger partial charge in [0.1, 0.15) is 5.75 Å². The molecule has 0 fully saturated rings. The molecule has 0 aromatic heterocycles. The first-order valence-electron chi connectivity index (χ1n) is 6.43. The fraction of sp³-hybridized carbons (Fsp3) is 0.250. The van der Waals surface area contributed by atoms with E-state index in [1.807, 2.05) is 36.4 Å². The zero-order valence-electron chi connectivity index (χ0n) is 10.8. The zero-order valence-corrected chi connectivity index (χ0v) is 10.8. The van der Waals surface area contributed by atoms with Gasteiger partial charge < -0.3 is 15.2 Å². The van der Waals surface area contributed by atoms with Crippen LogP contribution in [0.25, 0.3) is 0 Å². The lowest BCUT2D eigenvalue weighted by Gasteiger charge is -2.20. The van der Waals surface area contributed by atoms with Crippen LogP contribution in [0.2, 0.25) is 0 Å². The number of fused-ring (bicyclic) bond motifs is 1. The van der Waals surface area contributed by atoms with Gasteiger partial charge in [-0.15, -0.1) is 0 Å². The lowest BCUT2D eigenvalue weighted by molar-refractivity contribution is 0.133. The average molecular weight is 255 g/mol. The molecule has 2 aromatic rings. The monoisotopic (exact) mass is 255 g/mol. The zero-order chi connectivity index (χ0) is 13.2. The summed E-state index contributed by atoms with van der Waals surface area (Å²) in [6, 6.07) is 15.7. The predicted molar refractivity (Wildman–Crippen MR) is 74.0 cm³/mol. The summed E-state index contributed by atoms with van der Waals surface area (Å²) >= 11 is 0. The summed E-state index contributed by atoms with van der Waals surface area (Å²) in [6.07, 6.45) is -0.571. The molecule has 2 aromatic carbocycles. The molecule has 19 heavy (non-hydrogen) atoms. The highest BCUT2D eigenvalue weighted by Crippen LogP contribution is 2.35. The van der Waals surface area contributed by atoms with E-state index in [9.17, 15) is 5.11 Å². The number of benzene rings is 2. The first-order valence-corrected chi connectivity index (χ1v) is 6.43. The molecule has 3 nitrogen and oxygen atoms in total. The van der Waals surface area contributed by atoms with Gasteiger partial charge in [0.25, 0.3) is 0 Å². The minimum Gasteiger partial charge on any atom is -0.497 e. The Bertz CT molecular complexity index is 582. The average Bonchev–Trinajstić information content (AvgIpc) is 2.90. The van der Waals surface area contributed by atoms with Crippen molar-refractivity contribution in [2.45, 2.75) is 18.7 Å². The van der Waals surface area contributed by atoms with E-state index >= 15 is 0 Å². The van der Waals surface area contributed by atoms with Gasteiger partial charge in [0.05, 0.1) is 19.3 Å². The first kappa shape index (κ1) is 12.2. The van der Waals surface area contributed by atoms with Crippen LogP contribution in [0.1, 0.15) is 28.8 Å². The topological polar surface area (TPSA) is 41.5 Å². The van der Waals surface area contributed by atoms with Crippen molar-refractivity contribution in [3.63, 3.8) is 0 Å². The summed E-state index contributed by atoms with van der Waals surface area (Å²) in [4.78, 5) is 0. The Morgan fingerprint density at radius 3 is 2.89 bits per heavy atom. The van der Waals surface area contributed by atoms with Crippen molar-refractivity contribution < 1.29 is 9.84 Å². The lowest BCUT2D eigenvalue weighted by atomic mass is 9.96. The van der Waals surface area contributed by atoms with Crippen LogP contribution in [0.4, 0.5) is 0 Å². The minimum atomic E-state index is -0.571. The fourth-order valence-electron chi connectivity index (χ4n) is 2.63. The van der Waals surface area contributed by atoms with E-state index in [1.54, 1.807) is 7.11 Å². The number of aliphatic hydroxyl groups is 1. The molecule has 1 aliphatic rings. The van der Waals surface area contributed by atoms with Crippen LogP contribution in [0.3, 0.4) is 0 Å². The molecule has 0 radical (unpaired) electrons.